The monoisotopic (exact) mass is 428 g/mol. The molecule has 1 saturated heterocycles. The molecule has 6 heteroatoms. The lowest BCUT2D eigenvalue weighted by Crippen LogP contribution is -2.49. The van der Waals surface area contributed by atoms with Gasteiger partial charge in [-0.3, -0.25) is 4.79 Å². The molecule has 168 valence electrons. The number of nitrogens with zero attached hydrogens (tertiary/aromatic N) is 2. The summed E-state index contributed by atoms with van der Waals surface area (Å²) in [7, 11) is 3.34. The van der Waals surface area contributed by atoms with Gasteiger partial charge in [0.25, 0.3) is 0 Å². The van der Waals surface area contributed by atoms with E-state index in [-0.39, 0.29) is 17.8 Å². The Morgan fingerprint density at radius 1 is 1.03 bits per heavy atom. The second kappa shape index (κ2) is 11.8. The van der Waals surface area contributed by atoms with E-state index in [2.05, 4.69) is 17.0 Å². The zero-order valence-corrected chi connectivity index (χ0v) is 18.6. The van der Waals surface area contributed by atoms with E-state index < -0.39 is 0 Å². The van der Waals surface area contributed by atoms with Gasteiger partial charge in [-0.05, 0) is 54.7 Å². The van der Waals surface area contributed by atoms with Crippen molar-refractivity contribution in [3.05, 3.63) is 65.5 Å². The van der Waals surface area contributed by atoms with Crippen LogP contribution in [0.3, 0.4) is 0 Å². The molecular formula is C25H33FN2O3. The second-order valence-corrected chi connectivity index (χ2v) is 8.05. The van der Waals surface area contributed by atoms with Crippen molar-refractivity contribution < 1.29 is 18.7 Å². The normalized spacial score (nSPS) is 15.1. The summed E-state index contributed by atoms with van der Waals surface area (Å²) in [4.78, 5) is 17.4. The lowest BCUT2D eigenvalue weighted by Gasteiger charge is -2.38. The molecule has 1 aliphatic heterocycles. The van der Waals surface area contributed by atoms with E-state index in [0.717, 1.165) is 50.2 Å². The van der Waals surface area contributed by atoms with E-state index >= 15 is 0 Å². The molecule has 0 bridgehead atoms. The van der Waals surface area contributed by atoms with Crippen LogP contribution in [0.2, 0.25) is 0 Å². The Labute approximate surface area is 184 Å². The van der Waals surface area contributed by atoms with E-state index in [1.54, 1.807) is 26.4 Å². The summed E-state index contributed by atoms with van der Waals surface area (Å²) in [5.74, 6) is 0.681. The average Bonchev–Trinajstić information content (AvgIpc) is 2.80. The van der Waals surface area contributed by atoms with Crippen molar-refractivity contribution in [1.29, 1.82) is 0 Å². The number of carbonyl (C=O) groups is 1. The second-order valence-electron chi connectivity index (χ2n) is 8.05. The first-order valence-electron chi connectivity index (χ1n) is 11.0. The van der Waals surface area contributed by atoms with Crippen molar-refractivity contribution in [2.45, 2.75) is 31.7 Å². The molecule has 1 fully saturated rings. The van der Waals surface area contributed by atoms with Crippen LogP contribution in [0.4, 0.5) is 4.39 Å². The van der Waals surface area contributed by atoms with Gasteiger partial charge in [0.05, 0.1) is 20.1 Å². The number of piperidine rings is 1. The smallest absolute Gasteiger partial charge is 0.227 e. The van der Waals surface area contributed by atoms with Crippen molar-refractivity contribution in [1.82, 2.24) is 9.80 Å². The lowest BCUT2D eigenvalue weighted by molar-refractivity contribution is -0.134. The van der Waals surface area contributed by atoms with Crippen LogP contribution in [0, 0.1) is 5.82 Å². The van der Waals surface area contributed by atoms with Crippen LogP contribution < -0.4 is 4.74 Å². The number of likely N-dealkylation sites (tertiary alicyclic amines) is 1. The van der Waals surface area contributed by atoms with Gasteiger partial charge in [-0.2, -0.15) is 0 Å². The van der Waals surface area contributed by atoms with E-state index in [9.17, 15) is 9.18 Å². The molecule has 1 amide bonds. The van der Waals surface area contributed by atoms with Crippen LogP contribution in [0.5, 0.6) is 5.75 Å². The number of amides is 1. The first kappa shape index (κ1) is 23.2. The Bertz CT molecular complexity index is 803. The largest absolute Gasteiger partial charge is 0.497 e. The van der Waals surface area contributed by atoms with Gasteiger partial charge in [-0.1, -0.05) is 24.3 Å². The van der Waals surface area contributed by atoms with Gasteiger partial charge in [0.15, 0.2) is 0 Å². The summed E-state index contributed by atoms with van der Waals surface area (Å²) in [6.07, 6.45) is 3.22. The van der Waals surface area contributed by atoms with Gasteiger partial charge in [0.1, 0.15) is 11.6 Å². The molecule has 0 saturated carbocycles. The quantitative estimate of drug-likeness (QED) is 0.580. The molecule has 3 rings (SSSR count). The summed E-state index contributed by atoms with van der Waals surface area (Å²) in [6, 6.07) is 14.6. The van der Waals surface area contributed by atoms with Crippen LogP contribution in [0.15, 0.2) is 48.5 Å². The lowest BCUT2D eigenvalue weighted by atomic mass is 10.0. The third-order valence-electron chi connectivity index (χ3n) is 6.00. The third kappa shape index (κ3) is 7.04. The predicted octanol–water partition coefficient (Wildman–Crippen LogP) is 3.56. The zero-order valence-electron chi connectivity index (χ0n) is 18.6. The van der Waals surface area contributed by atoms with Gasteiger partial charge in [-0.25, -0.2) is 4.39 Å². The number of methoxy groups -OCH3 is 2. The summed E-state index contributed by atoms with van der Waals surface area (Å²) in [5.41, 5.74) is 2.14. The molecule has 0 N–H and O–H groups in total. The summed E-state index contributed by atoms with van der Waals surface area (Å²) in [6.45, 7) is 4.09. The maximum absolute atomic E-state index is 13.2. The minimum absolute atomic E-state index is 0.0836. The number of benzene rings is 2. The first-order chi connectivity index (χ1) is 15.1. The number of rotatable bonds is 10. The molecule has 31 heavy (non-hydrogen) atoms. The number of hydrogen-bond acceptors (Lipinski definition) is 4. The number of halogens is 1. The first-order valence-corrected chi connectivity index (χ1v) is 11.0. The molecule has 2 aromatic rings. The Balaban J connectivity index is 1.50. The maximum Gasteiger partial charge on any atom is 0.227 e. The van der Waals surface area contributed by atoms with Gasteiger partial charge >= 0.3 is 0 Å². The van der Waals surface area contributed by atoms with Crippen molar-refractivity contribution in [3.63, 3.8) is 0 Å². The number of carbonyl (C=O) groups excluding carboxylic acids is 1. The SMILES string of the molecule is COCCN(C(=O)Cc1ccc(F)cc1)C1CCN(CCc2ccc(OC)cc2)CC1. The van der Waals surface area contributed by atoms with E-state index in [1.165, 1.54) is 17.7 Å². The topological polar surface area (TPSA) is 42.0 Å². The maximum atomic E-state index is 13.2. The summed E-state index contributed by atoms with van der Waals surface area (Å²) < 4.78 is 23.6. The number of hydrogen-bond donors (Lipinski definition) is 0. The fourth-order valence-corrected chi connectivity index (χ4v) is 4.11. The van der Waals surface area contributed by atoms with E-state index in [1.807, 2.05) is 17.0 Å². The highest BCUT2D eigenvalue weighted by Crippen LogP contribution is 2.19. The van der Waals surface area contributed by atoms with Crippen LogP contribution in [0.25, 0.3) is 0 Å². The minimum atomic E-state index is -0.283. The van der Waals surface area contributed by atoms with Crippen LogP contribution in [-0.2, 0) is 22.4 Å². The standard InChI is InChI=1S/C25H33FN2O3/c1-30-18-17-28(25(29)19-21-3-7-22(26)8-4-21)23-12-15-27(16-13-23)14-11-20-5-9-24(31-2)10-6-20/h3-10,23H,11-19H2,1-2H3. The highest BCUT2D eigenvalue weighted by atomic mass is 19.1. The predicted molar refractivity (Wildman–Crippen MR) is 120 cm³/mol. The van der Waals surface area contributed by atoms with Crippen molar-refractivity contribution >= 4 is 5.91 Å². The van der Waals surface area contributed by atoms with Gasteiger partial charge in [-0.15, -0.1) is 0 Å². The van der Waals surface area contributed by atoms with Crippen LogP contribution in [0.1, 0.15) is 24.0 Å². The molecule has 0 radical (unpaired) electrons. The molecule has 2 aromatic carbocycles. The van der Waals surface area contributed by atoms with Gasteiger partial charge in [0.2, 0.25) is 5.91 Å². The molecule has 5 nitrogen and oxygen atoms in total. The molecule has 1 aliphatic rings. The Hall–Kier alpha value is -2.44. The fraction of sp³-hybridized carbons (Fsp3) is 0.480. The number of ether oxygens (including phenoxy) is 2. The Morgan fingerprint density at radius 3 is 2.29 bits per heavy atom. The van der Waals surface area contributed by atoms with E-state index in [4.69, 9.17) is 9.47 Å². The van der Waals surface area contributed by atoms with E-state index in [0.29, 0.717) is 19.6 Å². The molecule has 0 aliphatic carbocycles. The van der Waals surface area contributed by atoms with Crippen LogP contribution >= 0.6 is 0 Å². The molecule has 0 spiro atoms. The fourth-order valence-electron chi connectivity index (χ4n) is 4.11. The van der Waals surface area contributed by atoms with Crippen LogP contribution in [-0.4, -0.2) is 68.8 Å². The molecule has 1 heterocycles. The highest BCUT2D eigenvalue weighted by Gasteiger charge is 2.27. The van der Waals surface area contributed by atoms with Crippen molar-refractivity contribution in [2.75, 3.05) is 47.0 Å². The van der Waals surface area contributed by atoms with Crippen molar-refractivity contribution in [2.24, 2.45) is 0 Å². The third-order valence-corrected chi connectivity index (χ3v) is 6.00. The van der Waals surface area contributed by atoms with Gasteiger partial charge in [0, 0.05) is 39.3 Å². The van der Waals surface area contributed by atoms with Crippen molar-refractivity contribution in [3.8, 4) is 5.75 Å². The molecule has 0 atom stereocenters. The molecule has 0 aromatic heterocycles. The molecular weight excluding hydrogens is 395 g/mol. The minimum Gasteiger partial charge on any atom is -0.497 e. The Morgan fingerprint density at radius 2 is 1.68 bits per heavy atom. The Kier molecular flexibility index (Phi) is 8.85. The summed E-state index contributed by atoms with van der Waals surface area (Å²) >= 11 is 0. The average molecular weight is 429 g/mol. The summed E-state index contributed by atoms with van der Waals surface area (Å²) in [5, 5.41) is 0. The molecule has 0 unspecified atom stereocenters. The van der Waals surface area contributed by atoms with Gasteiger partial charge < -0.3 is 19.3 Å². The highest BCUT2D eigenvalue weighted by molar-refractivity contribution is 5.79. The zero-order chi connectivity index (χ0) is 22.1.